The first-order chi connectivity index (χ1) is 13.2. The molecule has 1 aromatic rings. The molecule has 6 heteroatoms. The first-order valence-corrected chi connectivity index (χ1v) is 11.6. The van der Waals surface area contributed by atoms with Gasteiger partial charge in [0.05, 0.1) is 5.01 Å². The highest BCUT2D eigenvalue weighted by Gasteiger charge is 2.37. The molecule has 27 heavy (non-hydrogen) atoms. The maximum atomic E-state index is 13.1. The Labute approximate surface area is 166 Å². The van der Waals surface area contributed by atoms with Gasteiger partial charge in [0.15, 0.2) is 0 Å². The maximum absolute atomic E-state index is 13.1. The minimum atomic E-state index is 0.146. The largest absolute Gasteiger partial charge is 0.343 e. The lowest BCUT2D eigenvalue weighted by atomic mass is 9.78. The van der Waals surface area contributed by atoms with Crippen molar-refractivity contribution in [1.29, 1.82) is 0 Å². The summed E-state index contributed by atoms with van der Waals surface area (Å²) in [7, 11) is 0. The van der Waals surface area contributed by atoms with Crippen LogP contribution in [0.3, 0.4) is 0 Å². The molecule has 2 atom stereocenters. The van der Waals surface area contributed by atoms with E-state index in [9.17, 15) is 9.59 Å². The Morgan fingerprint density at radius 2 is 1.81 bits per heavy atom. The highest BCUT2D eigenvalue weighted by molar-refractivity contribution is 7.09. The lowest BCUT2D eigenvalue weighted by Gasteiger charge is -2.43. The number of hydrogen-bond acceptors (Lipinski definition) is 4. The molecule has 2 saturated heterocycles. The van der Waals surface area contributed by atoms with Crippen molar-refractivity contribution in [3.05, 3.63) is 16.1 Å². The molecule has 2 unspecified atom stereocenters. The Bertz CT molecular complexity index is 679. The number of carbonyl (C=O) groups excluding carboxylic acids is 2. The monoisotopic (exact) mass is 389 g/mol. The van der Waals surface area contributed by atoms with Crippen molar-refractivity contribution in [3.63, 3.8) is 0 Å². The number of fused-ring (bicyclic) bond motifs is 1. The molecule has 148 valence electrons. The predicted molar refractivity (Wildman–Crippen MR) is 107 cm³/mol. The molecule has 1 aromatic heterocycles. The lowest BCUT2D eigenvalue weighted by Crippen LogP contribution is -2.49. The Balaban J connectivity index is 1.40. The van der Waals surface area contributed by atoms with Crippen LogP contribution in [-0.4, -0.2) is 52.3 Å². The SMILES string of the molecule is CCC(=O)N1CCC(c2nc(C(=O)N3CCCC4CCCCC43)cs2)CC1. The fraction of sp³-hybridized carbons (Fsp3) is 0.762. The molecule has 1 aliphatic carbocycles. The van der Waals surface area contributed by atoms with Gasteiger partial charge in [0, 0.05) is 43.4 Å². The van der Waals surface area contributed by atoms with Crippen LogP contribution in [0.5, 0.6) is 0 Å². The van der Waals surface area contributed by atoms with Gasteiger partial charge in [-0.05, 0) is 44.4 Å². The van der Waals surface area contributed by atoms with E-state index in [0.717, 1.165) is 50.3 Å². The van der Waals surface area contributed by atoms with E-state index in [2.05, 4.69) is 4.90 Å². The van der Waals surface area contributed by atoms with Crippen LogP contribution in [0.15, 0.2) is 5.38 Å². The quantitative estimate of drug-likeness (QED) is 0.783. The first-order valence-electron chi connectivity index (χ1n) is 10.7. The van der Waals surface area contributed by atoms with E-state index in [4.69, 9.17) is 4.98 Å². The number of rotatable bonds is 3. The number of hydrogen-bond donors (Lipinski definition) is 0. The summed E-state index contributed by atoms with van der Waals surface area (Å²) in [5, 5.41) is 3.05. The van der Waals surface area contributed by atoms with Crippen LogP contribution in [0.25, 0.3) is 0 Å². The van der Waals surface area contributed by atoms with Gasteiger partial charge in [-0.1, -0.05) is 19.8 Å². The molecule has 0 aromatic carbocycles. The summed E-state index contributed by atoms with van der Waals surface area (Å²) < 4.78 is 0. The zero-order valence-corrected chi connectivity index (χ0v) is 17.2. The lowest BCUT2D eigenvalue weighted by molar-refractivity contribution is -0.131. The normalized spacial score (nSPS) is 26.7. The summed E-state index contributed by atoms with van der Waals surface area (Å²) >= 11 is 1.63. The van der Waals surface area contributed by atoms with Crippen molar-refractivity contribution in [2.75, 3.05) is 19.6 Å². The highest BCUT2D eigenvalue weighted by Crippen LogP contribution is 2.36. The van der Waals surface area contributed by atoms with Crippen molar-refractivity contribution >= 4 is 23.2 Å². The second-order valence-corrected chi connectivity index (χ2v) is 9.22. The van der Waals surface area contributed by atoms with Gasteiger partial charge in [-0.25, -0.2) is 4.98 Å². The van der Waals surface area contributed by atoms with E-state index >= 15 is 0 Å². The van der Waals surface area contributed by atoms with Crippen molar-refractivity contribution in [1.82, 2.24) is 14.8 Å². The van der Waals surface area contributed by atoms with Crippen LogP contribution in [0.4, 0.5) is 0 Å². The van der Waals surface area contributed by atoms with E-state index < -0.39 is 0 Å². The van der Waals surface area contributed by atoms with Crippen LogP contribution in [0, 0.1) is 5.92 Å². The van der Waals surface area contributed by atoms with Crippen LogP contribution in [-0.2, 0) is 4.79 Å². The van der Waals surface area contributed by atoms with E-state index in [-0.39, 0.29) is 11.8 Å². The summed E-state index contributed by atoms with van der Waals surface area (Å²) in [5.74, 6) is 1.49. The molecule has 0 radical (unpaired) electrons. The minimum absolute atomic E-state index is 0.146. The number of thiazole rings is 1. The Morgan fingerprint density at radius 1 is 1.07 bits per heavy atom. The number of aromatic nitrogens is 1. The fourth-order valence-electron chi connectivity index (χ4n) is 5.20. The summed E-state index contributed by atoms with van der Waals surface area (Å²) in [5.41, 5.74) is 0.647. The van der Waals surface area contributed by atoms with Crippen molar-refractivity contribution < 1.29 is 9.59 Å². The number of piperidine rings is 2. The Kier molecular flexibility index (Phi) is 5.81. The summed E-state index contributed by atoms with van der Waals surface area (Å²) in [6, 6.07) is 0.438. The van der Waals surface area contributed by atoms with E-state index in [1.807, 2.05) is 17.2 Å². The third kappa shape index (κ3) is 3.91. The zero-order chi connectivity index (χ0) is 18.8. The number of amides is 2. The molecule has 3 aliphatic rings. The molecule has 2 amide bonds. The van der Waals surface area contributed by atoms with Gasteiger partial charge in [-0.15, -0.1) is 11.3 Å². The summed E-state index contributed by atoms with van der Waals surface area (Å²) in [6.45, 7) is 4.45. The van der Waals surface area contributed by atoms with Crippen LogP contribution >= 0.6 is 11.3 Å². The molecule has 4 rings (SSSR count). The second kappa shape index (κ2) is 8.29. The molecule has 0 spiro atoms. The molecular weight excluding hydrogens is 358 g/mol. The first kappa shape index (κ1) is 18.9. The number of nitrogens with zero attached hydrogens (tertiary/aromatic N) is 3. The smallest absolute Gasteiger partial charge is 0.273 e. The second-order valence-electron chi connectivity index (χ2n) is 8.33. The average molecular weight is 390 g/mol. The molecular formula is C21H31N3O2S. The summed E-state index contributed by atoms with van der Waals surface area (Å²) in [4.78, 5) is 33.9. The minimum Gasteiger partial charge on any atom is -0.343 e. The predicted octanol–water partition coefficient (Wildman–Crippen LogP) is 4.05. The van der Waals surface area contributed by atoms with Crippen LogP contribution < -0.4 is 0 Å². The van der Waals surface area contributed by atoms with Crippen molar-refractivity contribution in [2.24, 2.45) is 5.92 Å². The fourth-order valence-corrected chi connectivity index (χ4v) is 6.16. The van der Waals surface area contributed by atoms with Gasteiger partial charge in [0.25, 0.3) is 5.91 Å². The van der Waals surface area contributed by atoms with Gasteiger partial charge in [0.1, 0.15) is 5.69 Å². The van der Waals surface area contributed by atoms with Crippen LogP contribution in [0.2, 0.25) is 0 Å². The third-order valence-corrected chi connectivity index (χ3v) is 7.75. The molecule has 3 heterocycles. The van der Waals surface area contributed by atoms with E-state index in [1.165, 1.54) is 25.7 Å². The zero-order valence-electron chi connectivity index (χ0n) is 16.4. The average Bonchev–Trinajstić information content (AvgIpc) is 3.22. The molecule has 5 nitrogen and oxygen atoms in total. The number of carbonyl (C=O) groups is 2. The standard InChI is InChI=1S/C21H31N3O2S/c1-2-19(25)23-12-9-16(10-13-23)20-22-17(14-27-20)21(26)24-11-5-7-15-6-3-4-8-18(15)24/h14-16,18H,2-13H2,1H3. The molecule has 0 bridgehead atoms. The van der Waals surface area contributed by atoms with Gasteiger partial charge in [-0.3, -0.25) is 9.59 Å². The van der Waals surface area contributed by atoms with Crippen molar-refractivity contribution in [2.45, 2.75) is 76.7 Å². The molecule has 3 fully saturated rings. The van der Waals surface area contributed by atoms with Crippen molar-refractivity contribution in [3.8, 4) is 0 Å². The van der Waals surface area contributed by atoms with Gasteiger partial charge < -0.3 is 9.80 Å². The molecule has 2 aliphatic heterocycles. The van der Waals surface area contributed by atoms with Gasteiger partial charge in [-0.2, -0.15) is 0 Å². The van der Waals surface area contributed by atoms with E-state index in [0.29, 0.717) is 30.0 Å². The topological polar surface area (TPSA) is 53.5 Å². The summed E-state index contributed by atoms with van der Waals surface area (Å²) in [6.07, 6.45) is 9.94. The molecule has 0 N–H and O–H groups in total. The van der Waals surface area contributed by atoms with Crippen LogP contribution in [0.1, 0.15) is 86.1 Å². The Morgan fingerprint density at radius 3 is 2.59 bits per heavy atom. The molecule has 1 saturated carbocycles. The third-order valence-electron chi connectivity index (χ3n) is 6.74. The van der Waals surface area contributed by atoms with E-state index in [1.54, 1.807) is 11.3 Å². The highest BCUT2D eigenvalue weighted by atomic mass is 32.1. The van der Waals surface area contributed by atoms with Gasteiger partial charge >= 0.3 is 0 Å². The van der Waals surface area contributed by atoms with Gasteiger partial charge in [0.2, 0.25) is 5.91 Å². The Hall–Kier alpha value is -1.43. The number of likely N-dealkylation sites (tertiary alicyclic amines) is 2. The maximum Gasteiger partial charge on any atom is 0.273 e.